The van der Waals surface area contributed by atoms with Gasteiger partial charge in [0.05, 0.1) is 6.42 Å². The smallest absolute Gasteiger partial charge is 0.320 e. The molecule has 2 N–H and O–H groups in total. The number of carboxylic acids is 2. The predicted molar refractivity (Wildman–Crippen MR) is 60.4 cm³/mol. The molecule has 0 aliphatic carbocycles. The molecule has 0 heterocycles. The first-order chi connectivity index (χ1) is 6.92. The van der Waals surface area contributed by atoms with Gasteiger partial charge >= 0.3 is 11.9 Å². The maximum atomic E-state index is 10.9. The Morgan fingerprint density at radius 1 is 1.20 bits per heavy atom. The number of thiol groups is 1. The fourth-order valence-corrected chi connectivity index (χ4v) is 1.66. The van der Waals surface area contributed by atoms with Gasteiger partial charge in [0.2, 0.25) is 0 Å². The van der Waals surface area contributed by atoms with Crippen molar-refractivity contribution in [3.05, 3.63) is 0 Å². The average molecular weight is 234 g/mol. The van der Waals surface area contributed by atoms with E-state index in [0.29, 0.717) is 12.8 Å². The van der Waals surface area contributed by atoms with Crippen molar-refractivity contribution in [1.29, 1.82) is 0 Å². The van der Waals surface area contributed by atoms with E-state index in [2.05, 4.69) is 19.6 Å². The van der Waals surface area contributed by atoms with Crippen molar-refractivity contribution in [2.75, 3.05) is 0 Å². The molecular formula is C10H18O4S. The van der Waals surface area contributed by atoms with Gasteiger partial charge in [-0.05, 0) is 6.42 Å². The Morgan fingerprint density at radius 2 is 1.80 bits per heavy atom. The molecule has 5 heteroatoms. The average Bonchev–Trinajstić information content (AvgIpc) is 2.11. The molecule has 0 aromatic carbocycles. The fourth-order valence-electron chi connectivity index (χ4n) is 1.37. The minimum atomic E-state index is -1.42. The highest BCUT2D eigenvalue weighted by Gasteiger charge is 2.36. The second kappa shape index (κ2) is 6.71. The third-order valence-electron chi connectivity index (χ3n) is 2.29. The molecule has 0 saturated heterocycles. The van der Waals surface area contributed by atoms with Gasteiger partial charge < -0.3 is 10.2 Å². The molecule has 88 valence electrons. The van der Waals surface area contributed by atoms with Gasteiger partial charge in [-0.3, -0.25) is 9.59 Å². The summed E-state index contributed by atoms with van der Waals surface area (Å²) in [5.41, 5.74) is 0. The van der Waals surface area contributed by atoms with Crippen LogP contribution in [-0.2, 0) is 9.59 Å². The molecule has 1 unspecified atom stereocenters. The monoisotopic (exact) mass is 234 g/mol. The number of carboxylic acid groups (broad SMARTS) is 2. The summed E-state index contributed by atoms with van der Waals surface area (Å²) in [6.45, 7) is 2.06. The molecule has 1 atom stereocenters. The summed E-state index contributed by atoms with van der Waals surface area (Å²) in [5, 5.41) is 17.5. The first-order valence-corrected chi connectivity index (χ1v) is 5.54. The van der Waals surface area contributed by atoms with Crippen LogP contribution in [0.3, 0.4) is 0 Å². The minimum absolute atomic E-state index is 0.303. The number of unbranched alkanes of at least 4 members (excludes halogenated alkanes) is 3. The summed E-state index contributed by atoms with van der Waals surface area (Å²) in [6.07, 6.45) is 3.60. The Bertz CT molecular complexity index is 229. The first-order valence-electron chi connectivity index (χ1n) is 5.10. The Balaban J connectivity index is 4.14. The normalized spacial score (nSPS) is 14.5. The molecule has 0 aliphatic rings. The second-order valence-electron chi connectivity index (χ2n) is 3.72. The quantitative estimate of drug-likeness (QED) is 0.444. The molecular weight excluding hydrogens is 216 g/mol. The molecule has 0 spiro atoms. The van der Waals surface area contributed by atoms with E-state index in [1.54, 1.807) is 0 Å². The maximum Gasteiger partial charge on any atom is 0.320 e. The zero-order valence-electron chi connectivity index (χ0n) is 8.90. The molecule has 0 aliphatic heterocycles. The van der Waals surface area contributed by atoms with Gasteiger partial charge in [0.25, 0.3) is 0 Å². The van der Waals surface area contributed by atoms with Crippen molar-refractivity contribution in [3.8, 4) is 0 Å². The van der Waals surface area contributed by atoms with Crippen LogP contribution in [0, 0.1) is 0 Å². The lowest BCUT2D eigenvalue weighted by molar-refractivity contribution is -0.146. The van der Waals surface area contributed by atoms with Crippen LogP contribution >= 0.6 is 12.6 Å². The summed E-state index contributed by atoms with van der Waals surface area (Å²) in [7, 11) is 0. The number of hydrogen-bond donors (Lipinski definition) is 3. The third kappa shape index (κ3) is 5.67. The zero-order valence-corrected chi connectivity index (χ0v) is 9.80. The Morgan fingerprint density at radius 3 is 2.20 bits per heavy atom. The van der Waals surface area contributed by atoms with Gasteiger partial charge in [0.1, 0.15) is 4.75 Å². The van der Waals surface area contributed by atoms with Gasteiger partial charge in [-0.2, -0.15) is 12.6 Å². The minimum Gasteiger partial charge on any atom is -0.481 e. The number of rotatable bonds is 8. The number of hydrogen-bond acceptors (Lipinski definition) is 3. The lowest BCUT2D eigenvalue weighted by atomic mass is 9.96. The van der Waals surface area contributed by atoms with Crippen molar-refractivity contribution in [1.82, 2.24) is 0 Å². The topological polar surface area (TPSA) is 74.6 Å². The van der Waals surface area contributed by atoms with Gasteiger partial charge in [-0.15, -0.1) is 0 Å². The Labute approximate surface area is 95.1 Å². The van der Waals surface area contributed by atoms with E-state index in [4.69, 9.17) is 10.2 Å². The SMILES string of the molecule is CCCCCCC(S)(CC(=O)O)C(=O)O. The second-order valence-corrected chi connectivity index (χ2v) is 4.57. The van der Waals surface area contributed by atoms with Crippen LogP contribution < -0.4 is 0 Å². The molecule has 0 radical (unpaired) electrons. The van der Waals surface area contributed by atoms with Crippen molar-refractivity contribution >= 4 is 24.6 Å². The van der Waals surface area contributed by atoms with Crippen molar-refractivity contribution < 1.29 is 19.8 Å². The molecule has 0 saturated carbocycles. The van der Waals surface area contributed by atoms with Gasteiger partial charge in [-0.25, -0.2) is 0 Å². The summed E-state index contributed by atoms with van der Waals surface area (Å²) < 4.78 is -1.42. The highest BCUT2D eigenvalue weighted by molar-refractivity contribution is 7.82. The first kappa shape index (κ1) is 14.3. The largest absolute Gasteiger partial charge is 0.481 e. The highest BCUT2D eigenvalue weighted by atomic mass is 32.1. The highest BCUT2D eigenvalue weighted by Crippen LogP contribution is 2.27. The Hall–Kier alpha value is -0.710. The molecule has 0 aromatic rings. The summed E-state index contributed by atoms with van der Waals surface area (Å²) in [4.78, 5) is 21.4. The summed E-state index contributed by atoms with van der Waals surface area (Å²) in [6, 6.07) is 0. The van der Waals surface area contributed by atoms with E-state index in [0.717, 1.165) is 19.3 Å². The van der Waals surface area contributed by atoms with Gasteiger partial charge in [0.15, 0.2) is 0 Å². The van der Waals surface area contributed by atoms with E-state index in [1.807, 2.05) is 0 Å². The van der Waals surface area contributed by atoms with E-state index in [1.165, 1.54) is 0 Å². The Kier molecular flexibility index (Phi) is 6.40. The van der Waals surface area contributed by atoms with Crippen LogP contribution in [0.25, 0.3) is 0 Å². The summed E-state index contributed by atoms with van der Waals surface area (Å²) >= 11 is 3.97. The summed E-state index contributed by atoms with van der Waals surface area (Å²) in [5.74, 6) is -2.27. The van der Waals surface area contributed by atoms with Crippen LogP contribution in [0.2, 0.25) is 0 Å². The number of carbonyl (C=O) groups is 2. The van der Waals surface area contributed by atoms with E-state index < -0.39 is 23.1 Å². The van der Waals surface area contributed by atoms with Crippen LogP contribution in [0.4, 0.5) is 0 Å². The molecule has 0 aromatic heterocycles. The van der Waals surface area contributed by atoms with E-state index >= 15 is 0 Å². The molecule has 0 rings (SSSR count). The van der Waals surface area contributed by atoms with Crippen LogP contribution in [0.1, 0.15) is 45.4 Å². The van der Waals surface area contributed by atoms with Gasteiger partial charge in [0, 0.05) is 0 Å². The van der Waals surface area contributed by atoms with Crippen molar-refractivity contribution in [3.63, 3.8) is 0 Å². The predicted octanol–water partition coefficient (Wildman–Crippen LogP) is 2.18. The standard InChI is InChI=1S/C10H18O4S/c1-2-3-4-5-6-10(15,9(13)14)7-8(11)12/h15H,2-7H2,1H3,(H,11,12)(H,13,14). The fraction of sp³-hybridized carbons (Fsp3) is 0.800. The van der Waals surface area contributed by atoms with Crippen LogP contribution in [0.5, 0.6) is 0 Å². The van der Waals surface area contributed by atoms with Gasteiger partial charge in [-0.1, -0.05) is 32.6 Å². The third-order valence-corrected chi connectivity index (χ3v) is 2.86. The molecule has 4 nitrogen and oxygen atoms in total. The van der Waals surface area contributed by atoms with Crippen molar-refractivity contribution in [2.45, 2.75) is 50.2 Å². The lowest BCUT2D eigenvalue weighted by Gasteiger charge is -2.21. The van der Waals surface area contributed by atoms with Crippen LogP contribution in [0.15, 0.2) is 0 Å². The van der Waals surface area contributed by atoms with Crippen molar-refractivity contribution in [2.24, 2.45) is 0 Å². The molecule has 15 heavy (non-hydrogen) atoms. The van der Waals surface area contributed by atoms with E-state index in [-0.39, 0.29) is 0 Å². The molecule has 0 amide bonds. The number of aliphatic carboxylic acids is 2. The molecule has 0 fully saturated rings. The maximum absolute atomic E-state index is 10.9. The van der Waals surface area contributed by atoms with Crippen LogP contribution in [-0.4, -0.2) is 26.9 Å². The molecule has 0 bridgehead atoms. The van der Waals surface area contributed by atoms with E-state index in [9.17, 15) is 9.59 Å². The lowest BCUT2D eigenvalue weighted by Crippen LogP contribution is -2.35. The zero-order chi connectivity index (χ0) is 11.9.